The van der Waals surface area contributed by atoms with Gasteiger partial charge in [0, 0.05) is 6.42 Å². The van der Waals surface area contributed by atoms with E-state index in [9.17, 15) is 5.11 Å². The molecule has 0 saturated heterocycles. The maximum absolute atomic E-state index is 10.7. The Morgan fingerprint density at radius 2 is 1.72 bits per heavy atom. The maximum atomic E-state index is 10.7. The zero-order valence-corrected chi connectivity index (χ0v) is 11.6. The summed E-state index contributed by atoms with van der Waals surface area (Å²) in [6, 6.07) is 9.81. The average Bonchev–Trinajstić information content (AvgIpc) is 2.42. The van der Waals surface area contributed by atoms with Crippen LogP contribution in [0, 0.1) is 11.8 Å². The molecule has 1 heteroatoms. The molecule has 0 aliphatic carbocycles. The highest BCUT2D eigenvalue weighted by molar-refractivity contribution is 5.31. The van der Waals surface area contributed by atoms with Gasteiger partial charge in [0.05, 0.1) is 0 Å². The van der Waals surface area contributed by atoms with Crippen molar-refractivity contribution in [1.82, 2.24) is 0 Å². The topological polar surface area (TPSA) is 20.2 Å². The summed E-state index contributed by atoms with van der Waals surface area (Å²) in [4.78, 5) is 0. The van der Waals surface area contributed by atoms with Gasteiger partial charge in [-0.25, -0.2) is 0 Å². The Morgan fingerprint density at radius 3 is 2.33 bits per heavy atom. The number of unbranched alkanes of at least 4 members (excludes halogenated alkanes) is 3. The van der Waals surface area contributed by atoms with Crippen LogP contribution in [-0.2, 0) is 5.60 Å². The molecule has 0 heterocycles. The van der Waals surface area contributed by atoms with E-state index >= 15 is 0 Å². The van der Waals surface area contributed by atoms with Gasteiger partial charge in [-0.1, -0.05) is 68.9 Å². The van der Waals surface area contributed by atoms with Crippen molar-refractivity contribution in [3.05, 3.63) is 35.9 Å². The first kappa shape index (κ1) is 14.8. The first-order chi connectivity index (χ1) is 8.73. The van der Waals surface area contributed by atoms with E-state index in [1.807, 2.05) is 30.3 Å². The predicted molar refractivity (Wildman–Crippen MR) is 77.2 cm³/mol. The normalized spacial score (nSPS) is 13.5. The molecule has 1 unspecified atom stereocenters. The van der Waals surface area contributed by atoms with Crippen molar-refractivity contribution in [3.8, 4) is 11.8 Å². The monoisotopic (exact) mass is 244 g/mol. The number of rotatable bonds is 6. The second-order valence-electron chi connectivity index (χ2n) is 4.74. The zero-order chi connectivity index (χ0) is 13.3. The fraction of sp³-hybridized carbons (Fsp3) is 0.529. The summed E-state index contributed by atoms with van der Waals surface area (Å²) in [7, 11) is 0. The molecule has 0 saturated carbocycles. The van der Waals surface area contributed by atoms with Crippen molar-refractivity contribution in [2.75, 3.05) is 0 Å². The highest BCUT2D eigenvalue weighted by Gasteiger charge is 2.25. The van der Waals surface area contributed by atoms with Gasteiger partial charge in [0.15, 0.2) is 5.60 Å². The lowest BCUT2D eigenvalue weighted by Crippen LogP contribution is -2.23. The van der Waals surface area contributed by atoms with Crippen LogP contribution >= 0.6 is 0 Å². The molecular weight excluding hydrogens is 220 g/mol. The fourth-order valence-corrected chi connectivity index (χ4v) is 1.90. The van der Waals surface area contributed by atoms with Crippen LogP contribution in [0.2, 0.25) is 0 Å². The molecule has 1 nitrogen and oxygen atoms in total. The smallest absolute Gasteiger partial charge is 0.150 e. The molecule has 0 radical (unpaired) electrons. The van der Waals surface area contributed by atoms with Crippen LogP contribution in [0.1, 0.15) is 57.9 Å². The third kappa shape index (κ3) is 4.55. The quantitative estimate of drug-likeness (QED) is 0.585. The molecule has 18 heavy (non-hydrogen) atoms. The summed E-state index contributed by atoms with van der Waals surface area (Å²) in [5.41, 5.74) is -0.0483. The van der Waals surface area contributed by atoms with Gasteiger partial charge in [0.2, 0.25) is 0 Å². The van der Waals surface area contributed by atoms with Crippen LogP contribution in [0.15, 0.2) is 30.3 Å². The minimum absolute atomic E-state index is 0.715. The Balaban J connectivity index is 2.83. The second kappa shape index (κ2) is 7.95. The molecule has 0 aromatic heterocycles. The second-order valence-corrected chi connectivity index (χ2v) is 4.74. The van der Waals surface area contributed by atoms with E-state index in [4.69, 9.17) is 0 Å². The van der Waals surface area contributed by atoms with Crippen LogP contribution in [0.3, 0.4) is 0 Å². The average molecular weight is 244 g/mol. The molecule has 0 amide bonds. The number of benzene rings is 1. The Hall–Kier alpha value is -1.26. The Labute approximate surface area is 111 Å². The lowest BCUT2D eigenvalue weighted by Gasteiger charge is -2.22. The van der Waals surface area contributed by atoms with Crippen molar-refractivity contribution >= 4 is 0 Å². The molecule has 0 spiro atoms. The van der Waals surface area contributed by atoms with Crippen LogP contribution in [0.25, 0.3) is 0 Å². The molecule has 1 rings (SSSR count). The third-order valence-electron chi connectivity index (χ3n) is 3.09. The van der Waals surface area contributed by atoms with Gasteiger partial charge in [-0.15, -0.1) is 0 Å². The molecule has 0 fully saturated rings. The molecule has 0 aliphatic rings. The van der Waals surface area contributed by atoms with Gasteiger partial charge in [-0.3, -0.25) is 0 Å². The first-order valence-corrected chi connectivity index (χ1v) is 7.01. The summed E-state index contributed by atoms with van der Waals surface area (Å²) in [5, 5.41) is 10.7. The maximum Gasteiger partial charge on any atom is 0.150 e. The summed E-state index contributed by atoms with van der Waals surface area (Å²) in [6.07, 6.45) is 5.91. The Bertz CT molecular complexity index is 385. The van der Waals surface area contributed by atoms with E-state index in [0.29, 0.717) is 6.42 Å². The van der Waals surface area contributed by atoms with Gasteiger partial charge >= 0.3 is 0 Å². The predicted octanol–water partition coefficient (Wildman–Crippen LogP) is 4.26. The summed E-state index contributed by atoms with van der Waals surface area (Å²) < 4.78 is 0. The van der Waals surface area contributed by atoms with E-state index in [-0.39, 0.29) is 0 Å². The Kier molecular flexibility index (Phi) is 6.54. The zero-order valence-electron chi connectivity index (χ0n) is 11.6. The van der Waals surface area contributed by atoms with Gasteiger partial charge in [-0.05, 0) is 24.8 Å². The molecule has 1 aromatic carbocycles. The van der Waals surface area contributed by atoms with Gasteiger partial charge in [-0.2, -0.15) is 0 Å². The largest absolute Gasteiger partial charge is 0.373 e. The van der Waals surface area contributed by atoms with E-state index in [1.165, 1.54) is 0 Å². The van der Waals surface area contributed by atoms with Crippen LogP contribution in [-0.4, -0.2) is 5.11 Å². The van der Waals surface area contributed by atoms with Crippen LogP contribution in [0.5, 0.6) is 0 Å². The van der Waals surface area contributed by atoms with E-state index in [1.54, 1.807) is 0 Å². The first-order valence-electron chi connectivity index (χ1n) is 7.01. The number of hydrogen-bond donors (Lipinski definition) is 1. The lowest BCUT2D eigenvalue weighted by molar-refractivity contribution is 0.0874. The molecule has 1 N–H and O–H groups in total. The Morgan fingerprint density at radius 1 is 1.06 bits per heavy atom. The van der Waals surface area contributed by atoms with E-state index < -0.39 is 5.60 Å². The summed E-state index contributed by atoms with van der Waals surface area (Å²) >= 11 is 0. The molecule has 0 aliphatic heterocycles. The molecule has 98 valence electrons. The van der Waals surface area contributed by atoms with Crippen molar-refractivity contribution in [1.29, 1.82) is 0 Å². The van der Waals surface area contributed by atoms with Crippen molar-refractivity contribution < 1.29 is 5.11 Å². The van der Waals surface area contributed by atoms with Crippen molar-refractivity contribution in [2.24, 2.45) is 0 Å². The standard InChI is InChI=1S/C17H24O/c1-3-5-7-11-15-17(18,14-6-4-2)16-12-9-8-10-13-16/h8-10,12-13,18H,3-7,14H2,1-2H3. The van der Waals surface area contributed by atoms with Gasteiger partial charge < -0.3 is 5.11 Å². The molecule has 0 bridgehead atoms. The van der Waals surface area contributed by atoms with Gasteiger partial charge in [0.25, 0.3) is 0 Å². The lowest BCUT2D eigenvalue weighted by atomic mass is 9.89. The highest BCUT2D eigenvalue weighted by Crippen LogP contribution is 2.26. The third-order valence-corrected chi connectivity index (χ3v) is 3.09. The van der Waals surface area contributed by atoms with Crippen LogP contribution < -0.4 is 0 Å². The molecule has 1 atom stereocenters. The highest BCUT2D eigenvalue weighted by atomic mass is 16.3. The number of hydrogen-bond acceptors (Lipinski definition) is 1. The van der Waals surface area contributed by atoms with Crippen molar-refractivity contribution in [2.45, 2.75) is 58.0 Å². The number of aliphatic hydroxyl groups is 1. The SMILES string of the molecule is CCCCC#CC(O)(CCCC)c1ccccc1. The molecular formula is C17H24O. The van der Waals surface area contributed by atoms with Gasteiger partial charge in [0.1, 0.15) is 0 Å². The van der Waals surface area contributed by atoms with Crippen molar-refractivity contribution in [3.63, 3.8) is 0 Å². The minimum Gasteiger partial charge on any atom is -0.373 e. The molecule has 1 aromatic rings. The fourth-order valence-electron chi connectivity index (χ4n) is 1.90. The van der Waals surface area contributed by atoms with E-state index in [0.717, 1.165) is 37.7 Å². The summed E-state index contributed by atoms with van der Waals surface area (Å²) in [6.45, 7) is 4.29. The van der Waals surface area contributed by atoms with E-state index in [2.05, 4.69) is 25.7 Å². The minimum atomic E-state index is -0.967. The van der Waals surface area contributed by atoms with Crippen LogP contribution in [0.4, 0.5) is 0 Å². The summed E-state index contributed by atoms with van der Waals surface area (Å²) in [5.74, 6) is 6.22.